The minimum absolute atomic E-state index is 0.0267. The van der Waals surface area contributed by atoms with E-state index in [1.54, 1.807) is 12.4 Å². The number of hydrogen-bond acceptors (Lipinski definition) is 5. The summed E-state index contributed by atoms with van der Waals surface area (Å²) in [5.74, 6) is -2.11. The third-order valence-electron chi connectivity index (χ3n) is 4.12. The van der Waals surface area contributed by atoms with E-state index in [1.807, 2.05) is 29.1 Å². The van der Waals surface area contributed by atoms with Gasteiger partial charge >= 0.3 is 12.1 Å². The molecule has 0 bridgehead atoms. The second kappa shape index (κ2) is 10.6. The molecule has 3 rings (SSSR count). The molecule has 1 aliphatic heterocycles. The van der Waals surface area contributed by atoms with Crippen molar-refractivity contribution in [1.29, 1.82) is 0 Å². The van der Waals surface area contributed by atoms with E-state index in [0.717, 1.165) is 32.4 Å². The van der Waals surface area contributed by atoms with Crippen LogP contribution in [0.1, 0.15) is 24.8 Å². The number of nitrogens with zero attached hydrogens (tertiary/aromatic N) is 3. The van der Waals surface area contributed by atoms with Crippen LogP contribution in [0, 0.1) is 0 Å². The number of halogens is 3. The Kier molecular flexibility index (Phi) is 8.13. The summed E-state index contributed by atoms with van der Waals surface area (Å²) in [7, 11) is 0. The van der Waals surface area contributed by atoms with Crippen LogP contribution < -0.4 is 10.6 Å². The molecule has 0 spiro atoms. The Labute approximate surface area is 165 Å². The van der Waals surface area contributed by atoms with Gasteiger partial charge in [0.2, 0.25) is 5.91 Å². The van der Waals surface area contributed by atoms with Crippen LogP contribution >= 0.6 is 0 Å². The lowest BCUT2D eigenvalue weighted by atomic mass is 10.1. The molecule has 0 aliphatic carbocycles. The Morgan fingerprint density at radius 1 is 1.28 bits per heavy atom. The van der Waals surface area contributed by atoms with E-state index in [2.05, 4.69) is 20.7 Å². The van der Waals surface area contributed by atoms with Gasteiger partial charge in [0, 0.05) is 43.7 Å². The molecule has 0 saturated carbocycles. The molecule has 2 aromatic rings. The first-order valence-corrected chi connectivity index (χ1v) is 9.00. The lowest BCUT2D eigenvalue weighted by molar-refractivity contribution is -0.192. The molecule has 3 heterocycles. The Hall–Kier alpha value is -2.95. The van der Waals surface area contributed by atoms with Gasteiger partial charge in [-0.05, 0) is 43.5 Å². The zero-order valence-electron chi connectivity index (χ0n) is 15.5. The molecule has 1 unspecified atom stereocenters. The summed E-state index contributed by atoms with van der Waals surface area (Å²) in [4.78, 5) is 24.8. The van der Waals surface area contributed by atoms with Gasteiger partial charge in [-0.1, -0.05) is 0 Å². The van der Waals surface area contributed by atoms with Crippen LogP contribution in [0.25, 0.3) is 0 Å². The van der Waals surface area contributed by atoms with Crippen molar-refractivity contribution in [2.45, 2.75) is 44.4 Å². The first kappa shape index (κ1) is 22.3. The topological polar surface area (TPSA) is 109 Å². The highest BCUT2D eigenvalue weighted by atomic mass is 19.4. The van der Waals surface area contributed by atoms with Crippen molar-refractivity contribution in [2.24, 2.45) is 0 Å². The zero-order chi connectivity index (χ0) is 21.3. The molecule has 1 aliphatic rings. The van der Waals surface area contributed by atoms with E-state index < -0.39 is 12.1 Å². The highest BCUT2D eigenvalue weighted by molar-refractivity contribution is 5.90. The average molecular weight is 413 g/mol. The quantitative estimate of drug-likeness (QED) is 0.670. The number of carboxylic acid groups (broad SMARTS) is 1. The molecule has 11 heteroatoms. The highest BCUT2D eigenvalue weighted by Gasteiger charge is 2.38. The molecule has 1 saturated heterocycles. The summed E-state index contributed by atoms with van der Waals surface area (Å²) in [5.41, 5.74) is 1.23. The summed E-state index contributed by atoms with van der Waals surface area (Å²) in [6.45, 7) is 1.80. The zero-order valence-corrected chi connectivity index (χ0v) is 15.5. The van der Waals surface area contributed by atoms with Gasteiger partial charge in [-0.15, -0.1) is 0 Å². The number of anilines is 1. The first-order valence-electron chi connectivity index (χ1n) is 9.00. The number of amides is 1. The van der Waals surface area contributed by atoms with E-state index in [1.165, 1.54) is 5.56 Å². The van der Waals surface area contributed by atoms with Gasteiger partial charge in [-0.25, -0.2) is 4.79 Å². The number of carbonyl (C=O) groups is 2. The van der Waals surface area contributed by atoms with Crippen molar-refractivity contribution >= 4 is 17.7 Å². The Morgan fingerprint density at radius 2 is 1.97 bits per heavy atom. The molecule has 1 atom stereocenters. The molecule has 3 N–H and O–H groups in total. The van der Waals surface area contributed by atoms with Gasteiger partial charge in [0.1, 0.15) is 0 Å². The van der Waals surface area contributed by atoms with Crippen molar-refractivity contribution in [3.63, 3.8) is 0 Å². The molecule has 1 fully saturated rings. The number of aryl methyl sites for hydroxylation is 2. The second-order valence-electron chi connectivity index (χ2n) is 6.42. The summed E-state index contributed by atoms with van der Waals surface area (Å²) < 4.78 is 33.6. The summed E-state index contributed by atoms with van der Waals surface area (Å²) in [5, 5.41) is 17.7. The minimum Gasteiger partial charge on any atom is -0.475 e. The fraction of sp³-hybridized carbons (Fsp3) is 0.444. The van der Waals surface area contributed by atoms with Crippen LogP contribution in [0.5, 0.6) is 0 Å². The van der Waals surface area contributed by atoms with Crippen molar-refractivity contribution in [2.75, 3.05) is 11.9 Å². The maximum Gasteiger partial charge on any atom is 0.490 e. The van der Waals surface area contributed by atoms with Crippen LogP contribution in [-0.4, -0.2) is 50.5 Å². The van der Waals surface area contributed by atoms with Crippen LogP contribution in [0.2, 0.25) is 0 Å². The summed E-state index contributed by atoms with van der Waals surface area (Å²) in [6, 6.07) is 6.16. The predicted octanol–water partition coefficient (Wildman–Crippen LogP) is 2.23. The number of rotatable bonds is 6. The monoisotopic (exact) mass is 413 g/mol. The van der Waals surface area contributed by atoms with E-state index in [9.17, 15) is 18.0 Å². The minimum atomic E-state index is -5.08. The molecule has 1 amide bonds. The van der Waals surface area contributed by atoms with Gasteiger partial charge in [0.25, 0.3) is 0 Å². The van der Waals surface area contributed by atoms with Crippen molar-refractivity contribution in [3.8, 4) is 0 Å². The molecule has 2 aromatic heterocycles. The van der Waals surface area contributed by atoms with Gasteiger partial charge in [-0.2, -0.15) is 18.3 Å². The lowest BCUT2D eigenvalue weighted by Gasteiger charge is -2.08. The lowest BCUT2D eigenvalue weighted by Crippen LogP contribution is -2.27. The summed E-state index contributed by atoms with van der Waals surface area (Å²) in [6.07, 6.45) is 4.04. The predicted molar refractivity (Wildman–Crippen MR) is 98.1 cm³/mol. The van der Waals surface area contributed by atoms with Gasteiger partial charge in [0.05, 0.1) is 0 Å². The van der Waals surface area contributed by atoms with E-state index in [4.69, 9.17) is 9.90 Å². The van der Waals surface area contributed by atoms with Gasteiger partial charge < -0.3 is 15.7 Å². The van der Waals surface area contributed by atoms with Crippen LogP contribution in [0.4, 0.5) is 19.0 Å². The first-order chi connectivity index (χ1) is 13.7. The van der Waals surface area contributed by atoms with E-state index in [0.29, 0.717) is 18.3 Å². The normalized spacial score (nSPS) is 16.0. The Bertz CT molecular complexity index is 790. The molecule has 0 radical (unpaired) electrons. The fourth-order valence-electron chi connectivity index (χ4n) is 2.69. The largest absolute Gasteiger partial charge is 0.490 e. The molecule has 29 heavy (non-hydrogen) atoms. The number of alkyl halides is 3. The standard InChI is InChI=1S/C16H21N5O.C2HF3O2/c22-16(12-14-2-1-7-18-14)19-15-6-11-21(20-15)10-5-13-3-8-17-9-4-13;3-2(4,5)1(6)7/h3-4,6,8-9,11,14,18H,1-2,5,7,10,12H2,(H,19,20,22);(H,6,7). The van der Waals surface area contributed by atoms with Crippen molar-refractivity contribution < 1.29 is 27.9 Å². The number of carbonyl (C=O) groups excluding carboxylic acids is 1. The smallest absolute Gasteiger partial charge is 0.475 e. The molecular weight excluding hydrogens is 391 g/mol. The highest BCUT2D eigenvalue weighted by Crippen LogP contribution is 2.13. The van der Waals surface area contributed by atoms with Crippen molar-refractivity contribution in [3.05, 3.63) is 42.4 Å². The Balaban J connectivity index is 0.000000370. The van der Waals surface area contributed by atoms with Crippen molar-refractivity contribution in [1.82, 2.24) is 20.1 Å². The average Bonchev–Trinajstić information content (AvgIpc) is 3.32. The number of pyridine rings is 1. The fourth-order valence-corrected chi connectivity index (χ4v) is 2.69. The second-order valence-corrected chi connectivity index (χ2v) is 6.42. The number of aromatic nitrogens is 3. The van der Waals surface area contributed by atoms with Crippen LogP contribution in [-0.2, 0) is 22.6 Å². The maximum atomic E-state index is 11.9. The SMILES string of the molecule is O=C(CC1CCCN1)Nc1ccn(CCc2ccncc2)n1.O=C(O)C(F)(F)F. The van der Waals surface area contributed by atoms with Crippen LogP contribution in [0.15, 0.2) is 36.8 Å². The van der Waals surface area contributed by atoms with Gasteiger partial charge in [-0.3, -0.25) is 14.5 Å². The number of hydrogen-bond donors (Lipinski definition) is 3. The van der Waals surface area contributed by atoms with Gasteiger partial charge in [0.15, 0.2) is 5.82 Å². The van der Waals surface area contributed by atoms with E-state index in [-0.39, 0.29) is 5.91 Å². The molecular formula is C18H22F3N5O3. The maximum absolute atomic E-state index is 11.9. The Morgan fingerprint density at radius 3 is 2.55 bits per heavy atom. The number of carboxylic acids is 1. The molecule has 0 aromatic carbocycles. The third-order valence-corrected chi connectivity index (χ3v) is 4.12. The van der Waals surface area contributed by atoms with Crippen LogP contribution in [0.3, 0.4) is 0 Å². The molecule has 158 valence electrons. The number of nitrogens with one attached hydrogen (secondary N) is 2. The van der Waals surface area contributed by atoms with E-state index >= 15 is 0 Å². The third kappa shape index (κ3) is 8.30. The molecule has 8 nitrogen and oxygen atoms in total. The summed E-state index contributed by atoms with van der Waals surface area (Å²) >= 11 is 0. The number of aliphatic carboxylic acids is 1.